The minimum Gasteiger partial charge on any atom is -0.481 e. The molecule has 0 amide bonds. The molecule has 7 heteroatoms. The Balaban J connectivity index is 1.42. The van der Waals surface area contributed by atoms with E-state index >= 15 is 0 Å². The molecule has 1 aromatic heterocycles. The molecule has 0 aliphatic heterocycles. The van der Waals surface area contributed by atoms with Gasteiger partial charge in [-0.1, -0.05) is 29.8 Å². The maximum atomic E-state index is 10.5. The summed E-state index contributed by atoms with van der Waals surface area (Å²) in [5.74, 6) is 1.36. The van der Waals surface area contributed by atoms with Gasteiger partial charge in [-0.2, -0.15) is 0 Å². The number of halogens is 1. The molecule has 0 spiro atoms. The molecule has 6 nitrogen and oxygen atoms in total. The van der Waals surface area contributed by atoms with Crippen LogP contribution in [0.4, 0.5) is 5.82 Å². The Kier molecular flexibility index (Phi) is 7.44. The van der Waals surface area contributed by atoms with Crippen LogP contribution < -0.4 is 15.4 Å². The van der Waals surface area contributed by atoms with Crippen LogP contribution in [0.1, 0.15) is 17.5 Å². The monoisotopic (exact) mass is 411 g/mol. The first-order chi connectivity index (χ1) is 14.1. The second-order valence-electron chi connectivity index (χ2n) is 6.43. The van der Waals surface area contributed by atoms with E-state index in [1.807, 2.05) is 48.5 Å². The van der Waals surface area contributed by atoms with Gasteiger partial charge in [0.2, 0.25) is 0 Å². The number of carboxylic acids is 1. The Labute approximate surface area is 174 Å². The van der Waals surface area contributed by atoms with Gasteiger partial charge in [-0.25, -0.2) is 4.98 Å². The normalized spacial score (nSPS) is 10.5. The van der Waals surface area contributed by atoms with Crippen molar-refractivity contribution in [2.24, 2.45) is 0 Å². The Morgan fingerprint density at radius 2 is 1.55 bits per heavy atom. The number of pyridine rings is 1. The third kappa shape index (κ3) is 7.10. The van der Waals surface area contributed by atoms with Crippen molar-refractivity contribution >= 4 is 23.4 Å². The first kappa shape index (κ1) is 20.6. The van der Waals surface area contributed by atoms with Crippen LogP contribution in [-0.2, 0) is 17.9 Å². The van der Waals surface area contributed by atoms with Gasteiger partial charge in [0.1, 0.15) is 17.3 Å². The molecule has 0 fully saturated rings. The largest absolute Gasteiger partial charge is 0.481 e. The molecule has 3 rings (SSSR count). The van der Waals surface area contributed by atoms with Crippen molar-refractivity contribution in [3.63, 3.8) is 0 Å². The van der Waals surface area contributed by atoms with Crippen molar-refractivity contribution in [1.82, 2.24) is 10.3 Å². The molecular formula is C22H22ClN3O3. The predicted molar refractivity (Wildman–Crippen MR) is 113 cm³/mol. The van der Waals surface area contributed by atoms with E-state index in [0.29, 0.717) is 23.9 Å². The predicted octanol–water partition coefficient (Wildman–Crippen LogP) is 4.70. The van der Waals surface area contributed by atoms with E-state index in [1.165, 1.54) is 0 Å². The van der Waals surface area contributed by atoms with Gasteiger partial charge < -0.3 is 20.5 Å². The van der Waals surface area contributed by atoms with Crippen molar-refractivity contribution < 1.29 is 14.6 Å². The molecule has 2 aromatic carbocycles. The smallest absolute Gasteiger partial charge is 0.305 e. The molecule has 29 heavy (non-hydrogen) atoms. The zero-order valence-corrected chi connectivity index (χ0v) is 16.5. The quantitative estimate of drug-likeness (QED) is 0.448. The highest BCUT2D eigenvalue weighted by molar-refractivity contribution is 6.30. The maximum absolute atomic E-state index is 10.5. The van der Waals surface area contributed by atoms with Crippen LogP contribution in [0.25, 0.3) is 0 Å². The van der Waals surface area contributed by atoms with Gasteiger partial charge >= 0.3 is 5.97 Å². The highest BCUT2D eigenvalue weighted by Crippen LogP contribution is 2.23. The number of rotatable bonds is 10. The molecule has 0 bridgehead atoms. The summed E-state index contributed by atoms with van der Waals surface area (Å²) in [6.45, 7) is 1.77. The topological polar surface area (TPSA) is 83.5 Å². The molecule has 0 saturated heterocycles. The lowest BCUT2D eigenvalue weighted by Crippen LogP contribution is -2.13. The van der Waals surface area contributed by atoms with Crippen LogP contribution in [0.3, 0.4) is 0 Å². The van der Waals surface area contributed by atoms with Crippen LogP contribution in [0.15, 0.2) is 66.9 Å². The number of ether oxygens (including phenoxy) is 1. The lowest BCUT2D eigenvalue weighted by atomic mass is 10.2. The van der Waals surface area contributed by atoms with Crippen LogP contribution in [0, 0.1) is 0 Å². The minimum absolute atomic E-state index is 0.0640. The number of aromatic nitrogens is 1. The molecule has 0 aliphatic rings. The van der Waals surface area contributed by atoms with E-state index in [0.717, 1.165) is 29.2 Å². The molecule has 3 aromatic rings. The summed E-state index contributed by atoms with van der Waals surface area (Å²) in [5.41, 5.74) is 2.20. The van der Waals surface area contributed by atoms with E-state index in [9.17, 15) is 4.79 Å². The van der Waals surface area contributed by atoms with E-state index in [4.69, 9.17) is 21.4 Å². The average molecular weight is 412 g/mol. The maximum Gasteiger partial charge on any atom is 0.305 e. The summed E-state index contributed by atoms with van der Waals surface area (Å²) in [7, 11) is 0. The molecule has 0 aliphatic carbocycles. The van der Waals surface area contributed by atoms with Gasteiger partial charge in [-0.3, -0.25) is 4.79 Å². The van der Waals surface area contributed by atoms with Crippen molar-refractivity contribution in [3.05, 3.63) is 83.0 Å². The third-order valence-electron chi connectivity index (χ3n) is 4.10. The molecule has 3 N–H and O–H groups in total. The number of benzene rings is 2. The number of nitrogens with zero attached hydrogens (tertiary/aromatic N) is 1. The standard InChI is InChI=1S/C22H22ClN3O3/c23-18-4-8-20(9-5-18)29-19-6-1-16(2-7-19)13-24-14-17-3-10-21(26-15-17)25-12-11-22(27)28/h1-10,15,24H,11-14H2,(H,25,26)(H,27,28). The van der Waals surface area contributed by atoms with E-state index < -0.39 is 5.97 Å². The summed E-state index contributed by atoms with van der Waals surface area (Å²) >= 11 is 5.88. The second-order valence-corrected chi connectivity index (χ2v) is 6.86. The molecule has 0 unspecified atom stereocenters. The van der Waals surface area contributed by atoms with Gasteiger partial charge in [0.05, 0.1) is 6.42 Å². The third-order valence-corrected chi connectivity index (χ3v) is 4.35. The number of carbonyl (C=O) groups is 1. The number of hydrogen-bond acceptors (Lipinski definition) is 5. The zero-order chi connectivity index (χ0) is 20.5. The van der Waals surface area contributed by atoms with Crippen molar-refractivity contribution in [2.75, 3.05) is 11.9 Å². The Hall–Kier alpha value is -3.09. The highest BCUT2D eigenvalue weighted by atomic mass is 35.5. The van der Waals surface area contributed by atoms with E-state index in [2.05, 4.69) is 15.6 Å². The van der Waals surface area contributed by atoms with Crippen molar-refractivity contribution in [1.29, 1.82) is 0 Å². The molecule has 1 heterocycles. The molecule has 0 radical (unpaired) electrons. The minimum atomic E-state index is -0.831. The van der Waals surface area contributed by atoms with Gasteiger partial charge in [0.15, 0.2) is 0 Å². The van der Waals surface area contributed by atoms with E-state index in [-0.39, 0.29) is 6.42 Å². The van der Waals surface area contributed by atoms with Gasteiger partial charge in [-0.05, 0) is 53.6 Å². The van der Waals surface area contributed by atoms with Crippen molar-refractivity contribution in [2.45, 2.75) is 19.5 Å². The molecule has 0 atom stereocenters. The van der Waals surface area contributed by atoms with Crippen molar-refractivity contribution in [3.8, 4) is 11.5 Å². The lowest BCUT2D eigenvalue weighted by Gasteiger charge is -2.09. The van der Waals surface area contributed by atoms with Crippen LogP contribution in [-0.4, -0.2) is 22.6 Å². The molecule has 0 saturated carbocycles. The fourth-order valence-electron chi connectivity index (χ4n) is 2.60. The summed E-state index contributed by atoms with van der Waals surface area (Å²) < 4.78 is 5.79. The number of anilines is 1. The first-order valence-electron chi connectivity index (χ1n) is 9.22. The van der Waals surface area contributed by atoms with E-state index in [1.54, 1.807) is 18.3 Å². The Morgan fingerprint density at radius 3 is 2.17 bits per heavy atom. The Bertz CT molecular complexity index is 914. The number of hydrogen-bond donors (Lipinski definition) is 3. The summed E-state index contributed by atoms with van der Waals surface area (Å²) in [5, 5.41) is 15.7. The first-order valence-corrected chi connectivity index (χ1v) is 9.60. The number of carboxylic acid groups (broad SMARTS) is 1. The Morgan fingerprint density at radius 1 is 0.931 bits per heavy atom. The zero-order valence-electron chi connectivity index (χ0n) is 15.8. The highest BCUT2D eigenvalue weighted by Gasteiger charge is 2.01. The summed E-state index contributed by atoms with van der Waals surface area (Å²) in [6, 6.07) is 19.0. The molecule has 150 valence electrons. The fraction of sp³-hybridized carbons (Fsp3) is 0.182. The van der Waals surface area contributed by atoms with Gasteiger partial charge in [0.25, 0.3) is 0 Å². The summed E-state index contributed by atoms with van der Waals surface area (Å²) in [6.07, 6.45) is 1.84. The van der Waals surface area contributed by atoms with Crippen LogP contribution in [0.5, 0.6) is 11.5 Å². The number of aliphatic carboxylic acids is 1. The van der Waals surface area contributed by atoms with Crippen LogP contribution in [0.2, 0.25) is 5.02 Å². The van der Waals surface area contributed by atoms with Crippen LogP contribution >= 0.6 is 11.6 Å². The fourth-order valence-corrected chi connectivity index (χ4v) is 2.72. The average Bonchev–Trinajstić information content (AvgIpc) is 2.72. The van der Waals surface area contributed by atoms with Gasteiger partial charge in [0, 0.05) is 30.9 Å². The van der Waals surface area contributed by atoms with Gasteiger partial charge in [-0.15, -0.1) is 0 Å². The SMILES string of the molecule is O=C(O)CCNc1ccc(CNCc2ccc(Oc3ccc(Cl)cc3)cc2)cn1. The summed E-state index contributed by atoms with van der Waals surface area (Å²) in [4.78, 5) is 14.8. The number of nitrogens with one attached hydrogen (secondary N) is 2. The lowest BCUT2D eigenvalue weighted by molar-refractivity contribution is -0.136. The molecular weight excluding hydrogens is 390 g/mol. The second kappa shape index (κ2) is 10.5.